The lowest BCUT2D eigenvalue weighted by atomic mass is 10.1. The summed E-state index contributed by atoms with van der Waals surface area (Å²) >= 11 is 0. The zero-order valence-electron chi connectivity index (χ0n) is 15.6. The number of anilines is 1. The molecule has 8 nitrogen and oxygen atoms in total. The minimum absolute atomic E-state index is 0.0383. The Morgan fingerprint density at radius 1 is 1.12 bits per heavy atom. The molecule has 140 valence electrons. The Hall–Kier alpha value is -2.06. The summed E-state index contributed by atoms with van der Waals surface area (Å²) in [6.07, 6.45) is 7.48. The molecule has 1 unspecified atom stereocenters. The highest BCUT2D eigenvalue weighted by atomic mass is 16.5. The molecule has 4 rings (SSSR count). The molecule has 1 fully saturated rings. The van der Waals surface area contributed by atoms with Crippen molar-refractivity contribution in [2.45, 2.75) is 44.7 Å². The highest BCUT2D eigenvalue weighted by Crippen LogP contribution is 2.25. The largest absolute Gasteiger partial charge is 0.381 e. The maximum atomic E-state index is 5.52. The quantitative estimate of drug-likeness (QED) is 0.885. The predicted octanol–water partition coefficient (Wildman–Crippen LogP) is 1.36. The van der Waals surface area contributed by atoms with Crippen LogP contribution in [0, 0.1) is 0 Å². The maximum Gasteiger partial charge on any atom is 0.148 e. The third-order valence-corrected chi connectivity index (χ3v) is 5.51. The van der Waals surface area contributed by atoms with Crippen LogP contribution < -0.4 is 5.32 Å². The number of aryl methyl sites for hydroxylation is 1. The van der Waals surface area contributed by atoms with Gasteiger partial charge in [-0.2, -0.15) is 5.10 Å². The molecule has 0 spiro atoms. The van der Waals surface area contributed by atoms with Gasteiger partial charge in [-0.3, -0.25) is 9.58 Å². The van der Waals surface area contributed by atoms with Gasteiger partial charge in [-0.1, -0.05) is 0 Å². The van der Waals surface area contributed by atoms with Crippen LogP contribution in [0.3, 0.4) is 0 Å². The molecule has 1 atom stereocenters. The molecular weight excluding hydrogens is 330 g/mol. The lowest BCUT2D eigenvalue weighted by Crippen LogP contribution is -2.40. The van der Waals surface area contributed by atoms with Crippen LogP contribution in [0.1, 0.15) is 42.9 Å². The van der Waals surface area contributed by atoms with Gasteiger partial charge in [-0.05, 0) is 26.2 Å². The van der Waals surface area contributed by atoms with Crippen molar-refractivity contribution in [1.82, 2.24) is 29.6 Å². The Labute approximate surface area is 154 Å². The van der Waals surface area contributed by atoms with Crippen LogP contribution in [0.5, 0.6) is 0 Å². The summed E-state index contributed by atoms with van der Waals surface area (Å²) in [5.41, 5.74) is 2.42. The van der Waals surface area contributed by atoms with E-state index in [9.17, 15) is 0 Å². The van der Waals surface area contributed by atoms with Crippen molar-refractivity contribution in [3.63, 3.8) is 0 Å². The second kappa shape index (κ2) is 7.67. The van der Waals surface area contributed by atoms with Crippen molar-refractivity contribution in [1.29, 1.82) is 0 Å². The fourth-order valence-corrected chi connectivity index (χ4v) is 4.05. The fraction of sp³-hybridized carbons (Fsp3) is 0.667. The molecule has 4 heterocycles. The Kier molecular flexibility index (Phi) is 5.12. The molecular formula is C18H27N7O. The first-order chi connectivity index (χ1) is 12.7. The summed E-state index contributed by atoms with van der Waals surface area (Å²) < 4.78 is 7.32. The topological polar surface area (TPSA) is 81.0 Å². The number of ether oxygens (including phenoxy) is 1. The van der Waals surface area contributed by atoms with Gasteiger partial charge < -0.3 is 10.1 Å². The first-order valence-electron chi connectivity index (χ1n) is 9.47. The van der Waals surface area contributed by atoms with Crippen LogP contribution in [0.15, 0.2) is 12.7 Å². The van der Waals surface area contributed by atoms with Gasteiger partial charge >= 0.3 is 0 Å². The third-order valence-electron chi connectivity index (χ3n) is 5.51. The average Bonchev–Trinajstić information content (AvgIpc) is 2.97. The predicted molar refractivity (Wildman–Crippen MR) is 97.9 cm³/mol. The van der Waals surface area contributed by atoms with Gasteiger partial charge in [0, 0.05) is 51.4 Å². The summed E-state index contributed by atoms with van der Waals surface area (Å²) in [4.78, 5) is 16.1. The van der Waals surface area contributed by atoms with E-state index in [1.54, 1.807) is 17.3 Å². The third kappa shape index (κ3) is 3.57. The molecule has 0 aliphatic carbocycles. The van der Waals surface area contributed by atoms with Crippen molar-refractivity contribution in [3.05, 3.63) is 29.7 Å². The molecule has 26 heavy (non-hydrogen) atoms. The Morgan fingerprint density at radius 2 is 1.92 bits per heavy atom. The van der Waals surface area contributed by atoms with Gasteiger partial charge in [0.05, 0.1) is 11.7 Å². The zero-order chi connectivity index (χ0) is 17.9. The number of nitrogens with one attached hydrogen (secondary N) is 1. The van der Waals surface area contributed by atoms with Gasteiger partial charge in [0.1, 0.15) is 24.3 Å². The van der Waals surface area contributed by atoms with Gasteiger partial charge in [0.15, 0.2) is 0 Å². The summed E-state index contributed by atoms with van der Waals surface area (Å²) in [6, 6.07) is 0.677. The summed E-state index contributed by atoms with van der Waals surface area (Å²) in [5.74, 6) is 1.83. The van der Waals surface area contributed by atoms with E-state index in [2.05, 4.69) is 37.2 Å². The van der Waals surface area contributed by atoms with Crippen molar-refractivity contribution in [2.75, 3.05) is 31.6 Å². The smallest absolute Gasteiger partial charge is 0.148 e. The normalized spacial score (nSPS) is 20.4. The lowest BCUT2D eigenvalue weighted by molar-refractivity contribution is 0.0355. The van der Waals surface area contributed by atoms with Gasteiger partial charge in [-0.15, -0.1) is 0 Å². The first-order valence-corrected chi connectivity index (χ1v) is 9.47. The van der Waals surface area contributed by atoms with E-state index < -0.39 is 0 Å². The summed E-state index contributed by atoms with van der Waals surface area (Å²) in [6.45, 7) is 5.97. The number of aromatic nitrogens is 5. The van der Waals surface area contributed by atoms with Crippen LogP contribution in [0.4, 0.5) is 5.82 Å². The molecule has 2 aromatic heterocycles. The molecule has 2 aliphatic heterocycles. The Morgan fingerprint density at radius 3 is 2.69 bits per heavy atom. The van der Waals surface area contributed by atoms with Crippen LogP contribution in [0.25, 0.3) is 0 Å². The molecule has 1 N–H and O–H groups in total. The van der Waals surface area contributed by atoms with E-state index in [0.29, 0.717) is 6.04 Å². The maximum absolute atomic E-state index is 5.52. The van der Waals surface area contributed by atoms with Gasteiger partial charge in [0.25, 0.3) is 0 Å². The summed E-state index contributed by atoms with van der Waals surface area (Å²) in [5, 5.41) is 7.68. The second-order valence-corrected chi connectivity index (χ2v) is 7.13. The van der Waals surface area contributed by atoms with E-state index >= 15 is 0 Å². The highest BCUT2D eigenvalue weighted by molar-refractivity contribution is 5.47. The lowest BCUT2D eigenvalue weighted by Gasteiger charge is -2.33. The van der Waals surface area contributed by atoms with Crippen LogP contribution >= 0.6 is 0 Å². The van der Waals surface area contributed by atoms with E-state index in [1.807, 2.05) is 7.05 Å². The zero-order valence-corrected chi connectivity index (χ0v) is 15.6. The van der Waals surface area contributed by atoms with Crippen LogP contribution in [-0.2, 0) is 24.6 Å². The minimum atomic E-state index is 0.0383. The van der Waals surface area contributed by atoms with E-state index in [-0.39, 0.29) is 6.04 Å². The molecule has 0 amide bonds. The van der Waals surface area contributed by atoms with Crippen LogP contribution in [0.2, 0.25) is 0 Å². The molecule has 2 aromatic rings. The van der Waals surface area contributed by atoms with Crippen molar-refractivity contribution in [2.24, 2.45) is 7.05 Å². The highest BCUT2D eigenvalue weighted by Gasteiger charge is 2.26. The fourth-order valence-electron chi connectivity index (χ4n) is 4.05. The number of fused-ring (bicyclic) bond motifs is 1. The number of hydrogen-bond acceptors (Lipinski definition) is 7. The minimum Gasteiger partial charge on any atom is -0.381 e. The SMILES string of the molecule is CC(Nc1ncnc2c1CCN(C1CCOCC1)CC2)c1ncnn1C. The molecule has 8 heteroatoms. The molecule has 0 radical (unpaired) electrons. The Balaban J connectivity index is 1.49. The number of rotatable bonds is 4. The first kappa shape index (κ1) is 17.4. The number of nitrogens with zero attached hydrogens (tertiary/aromatic N) is 6. The molecule has 0 aromatic carbocycles. The van der Waals surface area contributed by atoms with E-state index in [1.165, 1.54) is 11.3 Å². The van der Waals surface area contributed by atoms with Crippen LogP contribution in [-0.4, -0.2) is 62.0 Å². The number of hydrogen-bond donors (Lipinski definition) is 1. The Bertz CT molecular complexity index is 741. The van der Waals surface area contributed by atoms with Gasteiger partial charge in [-0.25, -0.2) is 15.0 Å². The molecule has 1 saturated heterocycles. The average molecular weight is 357 g/mol. The molecule has 2 aliphatic rings. The van der Waals surface area contributed by atoms with Crippen molar-refractivity contribution >= 4 is 5.82 Å². The second-order valence-electron chi connectivity index (χ2n) is 7.13. The standard InChI is InChI=1S/C18H27N7O/c1-13(18-21-12-22-24(18)2)23-17-15-3-7-25(14-5-9-26-10-6-14)8-4-16(15)19-11-20-17/h11-14H,3-10H2,1-2H3,(H,19,20,23). The van der Waals surface area contributed by atoms with E-state index in [4.69, 9.17) is 4.74 Å². The molecule has 0 saturated carbocycles. The monoisotopic (exact) mass is 357 g/mol. The van der Waals surface area contributed by atoms with Crippen molar-refractivity contribution < 1.29 is 4.74 Å². The van der Waals surface area contributed by atoms with E-state index in [0.717, 1.165) is 63.6 Å². The van der Waals surface area contributed by atoms with Crippen molar-refractivity contribution in [3.8, 4) is 0 Å². The molecule has 0 bridgehead atoms. The summed E-state index contributed by atoms with van der Waals surface area (Å²) in [7, 11) is 1.91. The van der Waals surface area contributed by atoms with Gasteiger partial charge in [0.2, 0.25) is 0 Å².